The molecule has 0 bridgehead atoms. The van der Waals surface area contributed by atoms with Crippen LogP contribution in [0.2, 0.25) is 0 Å². The topological polar surface area (TPSA) is 175 Å². The standard InChI is InChI=1S/C6H6O9S2.2Na/c7-2-1-3(16(10,11)12)5(9)6(4(2)8)17(13,14)15;;/h1,7-9H,(H,10,11,12)(H,13,14,15);;/q;2*+1/p-2. The summed E-state index contributed by atoms with van der Waals surface area (Å²) in [6, 6.07) is 0.127. The van der Waals surface area contributed by atoms with Crippen molar-refractivity contribution in [1.29, 1.82) is 0 Å². The van der Waals surface area contributed by atoms with Crippen molar-refractivity contribution in [3.63, 3.8) is 0 Å². The molecule has 1 rings (SSSR count). The Hall–Kier alpha value is 0.440. The molecule has 0 saturated heterocycles. The number of phenols is 3. The van der Waals surface area contributed by atoms with Gasteiger partial charge in [0, 0.05) is 6.07 Å². The zero-order valence-electron chi connectivity index (χ0n) is 9.68. The minimum absolute atomic E-state index is 0. The average Bonchev–Trinajstić information content (AvgIpc) is 2.07. The van der Waals surface area contributed by atoms with E-state index in [0.717, 1.165) is 0 Å². The van der Waals surface area contributed by atoms with E-state index in [1.54, 1.807) is 0 Å². The maximum Gasteiger partial charge on any atom is 1.00 e. The van der Waals surface area contributed by atoms with E-state index in [0.29, 0.717) is 0 Å². The van der Waals surface area contributed by atoms with Gasteiger partial charge in [0.1, 0.15) is 30.0 Å². The first-order valence-electron chi connectivity index (χ1n) is 3.66. The molecular weight excluding hydrogens is 326 g/mol. The van der Waals surface area contributed by atoms with Crippen LogP contribution in [-0.2, 0) is 20.2 Å². The van der Waals surface area contributed by atoms with Crippen LogP contribution in [0.3, 0.4) is 0 Å². The Bertz CT molecular complexity index is 679. The van der Waals surface area contributed by atoms with E-state index in [1.807, 2.05) is 0 Å². The van der Waals surface area contributed by atoms with Crippen LogP contribution in [0.1, 0.15) is 0 Å². The third kappa shape index (κ3) is 4.74. The van der Waals surface area contributed by atoms with E-state index in [4.69, 9.17) is 15.3 Å². The molecule has 3 N–H and O–H groups in total. The van der Waals surface area contributed by atoms with E-state index in [1.165, 1.54) is 0 Å². The summed E-state index contributed by atoms with van der Waals surface area (Å²) in [7, 11) is -10.8. The first-order valence-corrected chi connectivity index (χ1v) is 6.47. The quantitative estimate of drug-likeness (QED) is 0.206. The monoisotopic (exact) mass is 330 g/mol. The Balaban J connectivity index is 0. The zero-order chi connectivity index (χ0) is 13.6. The van der Waals surface area contributed by atoms with E-state index in [2.05, 4.69) is 0 Å². The molecule has 0 radical (unpaired) electrons. The van der Waals surface area contributed by atoms with Crippen molar-refractivity contribution in [2.45, 2.75) is 9.79 Å². The fourth-order valence-corrected chi connectivity index (χ4v) is 2.38. The van der Waals surface area contributed by atoms with Crippen LogP contribution in [0.4, 0.5) is 0 Å². The van der Waals surface area contributed by atoms with E-state index in [9.17, 15) is 25.9 Å². The largest absolute Gasteiger partial charge is 1.00 e. The van der Waals surface area contributed by atoms with Crippen LogP contribution in [-0.4, -0.2) is 41.3 Å². The van der Waals surface area contributed by atoms with Gasteiger partial charge in [-0.3, -0.25) is 0 Å². The predicted molar refractivity (Wildman–Crippen MR) is 47.4 cm³/mol. The van der Waals surface area contributed by atoms with Gasteiger partial charge in [-0.15, -0.1) is 0 Å². The van der Waals surface area contributed by atoms with Gasteiger partial charge >= 0.3 is 59.1 Å². The van der Waals surface area contributed by atoms with Gasteiger partial charge in [0.15, 0.2) is 17.2 Å². The Morgan fingerprint density at radius 1 is 0.842 bits per heavy atom. The molecule has 1 aromatic carbocycles. The summed E-state index contributed by atoms with van der Waals surface area (Å²) in [6.45, 7) is 0. The van der Waals surface area contributed by atoms with Gasteiger partial charge in [-0.05, 0) is 0 Å². The van der Waals surface area contributed by atoms with E-state index >= 15 is 0 Å². The SMILES string of the molecule is O=S(=O)([O-])c1cc(O)c(O)c(S(=O)(=O)[O-])c1O.[Na+].[Na+]. The first kappa shape index (κ1) is 21.7. The molecule has 9 nitrogen and oxygen atoms in total. The van der Waals surface area contributed by atoms with Crippen molar-refractivity contribution < 1.29 is 100 Å². The molecule has 0 amide bonds. The van der Waals surface area contributed by atoms with Crippen LogP contribution in [0.15, 0.2) is 15.9 Å². The normalized spacial score (nSPS) is 11.3. The number of benzene rings is 1. The number of hydrogen-bond acceptors (Lipinski definition) is 9. The van der Waals surface area contributed by atoms with Crippen molar-refractivity contribution in [3.05, 3.63) is 6.07 Å². The summed E-state index contributed by atoms with van der Waals surface area (Å²) in [4.78, 5) is -3.30. The van der Waals surface area contributed by atoms with Gasteiger partial charge in [0.05, 0.1) is 0 Å². The molecule has 13 heteroatoms. The number of phenolic OH excluding ortho intramolecular Hbond substituents is 3. The van der Waals surface area contributed by atoms with Crippen molar-refractivity contribution >= 4 is 20.2 Å². The molecule has 0 aliphatic heterocycles. The van der Waals surface area contributed by atoms with Crippen molar-refractivity contribution in [3.8, 4) is 17.2 Å². The minimum Gasteiger partial charge on any atom is -0.744 e. The minimum atomic E-state index is -5.48. The number of rotatable bonds is 2. The molecule has 0 aliphatic carbocycles. The molecule has 0 unspecified atom stereocenters. The van der Waals surface area contributed by atoms with Crippen LogP contribution in [0, 0.1) is 0 Å². The van der Waals surface area contributed by atoms with Gasteiger partial charge < -0.3 is 24.4 Å². The smallest absolute Gasteiger partial charge is 0.744 e. The third-order valence-electron chi connectivity index (χ3n) is 1.69. The van der Waals surface area contributed by atoms with Crippen LogP contribution < -0.4 is 59.1 Å². The van der Waals surface area contributed by atoms with Crippen LogP contribution >= 0.6 is 0 Å². The molecule has 0 spiro atoms. The maximum atomic E-state index is 10.6. The summed E-state index contributed by atoms with van der Waals surface area (Å²) < 4.78 is 63.6. The van der Waals surface area contributed by atoms with Crippen molar-refractivity contribution in [1.82, 2.24) is 0 Å². The van der Waals surface area contributed by atoms with Crippen LogP contribution in [0.5, 0.6) is 17.2 Å². The molecule has 0 atom stereocenters. The van der Waals surface area contributed by atoms with Gasteiger partial charge in [0.2, 0.25) is 0 Å². The fraction of sp³-hybridized carbons (Fsp3) is 0. The first-order chi connectivity index (χ1) is 7.46. The molecule has 0 aliphatic rings. The van der Waals surface area contributed by atoms with Gasteiger partial charge in [-0.25, -0.2) is 16.8 Å². The molecule has 96 valence electrons. The molecule has 0 heterocycles. The van der Waals surface area contributed by atoms with Gasteiger partial charge in [0.25, 0.3) is 0 Å². The molecule has 0 saturated carbocycles. The molecule has 19 heavy (non-hydrogen) atoms. The molecule has 0 aromatic heterocycles. The summed E-state index contributed by atoms with van der Waals surface area (Å²) in [5.41, 5.74) is 0. The second-order valence-electron chi connectivity index (χ2n) is 2.83. The fourth-order valence-electron chi connectivity index (χ4n) is 1.03. The second kappa shape index (κ2) is 6.93. The Kier molecular flexibility index (Phi) is 7.93. The average molecular weight is 330 g/mol. The van der Waals surface area contributed by atoms with E-state index in [-0.39, 0.29) is 65.2 Å². The van der Waals surface area contributed by atoms with Gasteiger partial charge in [-0.1, -0.05) is 0 Å². The molecule has 0 fully saturated rings. The van der Waals surface area contributed by atoms with Crippen LogP contribution in [0.25, 0.3) is 0 Å². The summed E-state index contributed by atoms with van der Waals surface area (Å²) in [5, 5.41) is 27.1. The van der Waals surface area contributed by atoms with Crippen molar-refractivity contribution in [2.24, 2.45) is 0 Å². The maximum absolute atomic E-state index is 10.6. The summed E-state index contributed by atoms with van der Waals surface area (Å²) >= 11 is 0. The molecular formula is C6H4Na2O9S2. The van der Waals surface area contributed by atoms with Crippen molar-refractivity contribution in [2.75, 3.05) is 0 Å². The third-order valence-corrected chi connectivity index (χ3v) is 3.43. The Morgan fingerprint density at radius 2 is 1.26 bits per heavy atom. The Morgan fingerprint density at radius 3 is 1.58 bits per heavy atom. The predicted octanol–water partition coefficient (Wildman–Crippen LogP) is -7.38. The van der Waals surface area contributed by atoms with Gasteiger partial charge in [-0.2, -0.15) is 0 Å². The Labute approximate surface area is 152 Å². The number of hydrogen-bond donors (Lipinski definition) is 3. The molecule has 1 aromatic rings. The number of aromatic hydroxyl groups is 3. The second-order valence-corrected chi connectivity index (χ2v) is 5.49. The zero-order valence-corrected chi connectivity index (χ0v) is 15.3. The summed E-state index contributed by atoms with van der Waals surface area (Å²) in [6.07, 6.45) is 0. The van der Waals surface area contributed by atoms with E-state index < -0.39 is 47.3 Å². The summed E-state index contributed by atoms with van der Waals surface area (Å²) in [5.74, 6) is -4.61.